The number of benzene rings is 2. The average Bonchev–Trinajstić information content (AvgIpc) is 3.29. The minimum Gasteiger partial charge on any atom is -0.478 e. The highest BCUT2D eigenvalue weighted by Crippen LogP contribution is 2.64. The smallest absolute Gasteiger partial charge is 0.337 e. The Labute approximate surface area is 166 Å². The molecule has 0 radical (unpaired) electrons. The van der Waals surface area contributed by atoms with Crippen LogP contribution in [-0.2, 0) is 0 Å². The van der Waals surface area contributed by atoms with Crippen LogP contribution < -0.4 is 5.32 Å². The van der Waals surface area contributed by atoms with Crippen molar-refractivity contribution in [2.24, 2.45) is 17.8 Å². The van der Waals surface area contributed by atoms with Crippen LogP contribution in [-0.4, -0.2) is 16.0 Å². The third kappa shape index (κ3) is 2.44. The Morgan fingerprint density at radius 3 is 2.71 bits per heavy atom. The summed E-state index contributed by atoms with van der Waals surface area (Å²) >= 11 is 6.48. The fourth-order valence-electron chi connectivity index (χ4n) is 5.88. The molecule has 6 nitrogen and oxygen atoms in total. The largest absolute Gasteiger partial charge is 0.478 e. The van der Waals surface area contributed by atoms with Crippen molar-refractivity contribution in [1.29, 1.82) is 0 Å². The van der Waals surface area contributed by atoms with Crippen LogP contribution in [0.25, 0.3) is 0 Å². The zero-order valence-electron chi connectivity index (χ0n) is 15.0. The lowest BCUT2D eigenvalue weighted by Crippen LogP contribution is -2.36. The van der Waals surface area contributed by atoms with E-state index in [1.165, 1.54) is 12.1 Å². The van der Waals surface area contributed by atoms with Gasteiger partial charge in [-0.25, -0.2) is 4.79 Å². The summed E-state index contributed by atoms with van der Waals surface area (Å²) in [4.78, 5) is 22.7. The first-order chi connectivity index (χ1) is 13.5. The topological polar surface area (TPSA) is 92.5 Å². The van der Waals surface area contributed by atoms with Gasteiger partial charge in [0.25, 0.3) is 5.69 Å². The number of anilines is 1. The van der Waals surface area contributed by atoms with E-state index >= 15 is 0 Å². The average molecular weight is 399 g/mol. The summed E-state index contributed by atoms with van der Waals surface area (Å²) in [6.07, 6.45) is 3.42. The molecule has 2 fully saturated rings. The van der Waals surface area contributed by atoms with E-state index in [4.69, 9.17) is 11.6 Å². The fourth-order valence-corrected chi connectivity index (χ4v) is 6.12. The molecular weight excluding hydrogens is 380 g/mol. The van der Waals surface area contributed by atoms with Crippen molar-refractivity contribution in [3.63, 3.8) is 0 Å². The van der Waals surface area contributed by atoms with Crippen molar-refractivity contribution in [3.8, 4) is 0 Å². The lowest BCUT2D eigenvalue weighted by Gasteiger charge is -2.44. The van der Waals surface area contributed by atoms with Crippen molar-refractivity contribution in [3.05, 3.63) is 68.2 Å². The molecule has 0 amide bonds. The van der Waals surface area contributed by atoms with Gasteiger partial charge >= 0.3 is 5.97 Å². The van der Waals surface area contributed by atoms with Gasteiger partial charge in [0.2, 0.25) is 0 Å². The summed E-state index contributed by atoms with van der Waals surface area (Å²) in [7, 11) is 0. The van der Waals surface area contributed by atoms with Crippen molar-refractivity contribution >= 4 is 28.9 Å². The number of hydrogen-bond donors (Lipinski definition) is 2. The molecule has 2 aromatic carbocycles. The first kappa shape index (κ1) is 17.5. The van der Waals surface area contributed by atoms with E-state index in [0.717, 1.165) is 24.8 Å². The zero-order valence-corrected chi connectivity index (χ0v) is 15.7. The minimum atomic E-state index is -0.977. The lowest BCUT2D eigenvalue weighted by atomic mass is 9.67. The number of carboxylic acids is 1. The number of nitrogens with one attached hydrogen (secondary N) is 1. The number of non-ortho nitro benzene ring substituents is 1. The van der Waals surface area contributed by atoms with Gasteiger partial charge in [0.1, 0.15) is 0 Å². The number of fused-ring (bicyclic) bond motifs is 7. The van der Waals surface area contributed by atoms with E-state index < -0.39 is 10.9 Å². The first-order valence-electron chi connectivity index (χ1n) is 9.52. The van der Waals surface area contributed by atoms with Crippen molar-refractivity contribution in [2.75, 3.05) is 5.32 Å². The second-order valence-electron chi connectivity index (χ2n) is 8.10. The maximum atomic E-state index is 11.8. The fraction of sp³-hybridized carbons (Fsp3) is 0.381. The Bertz CT molecular complexity index is 1010. The molecule has 1 heterocycles. The van der Waals surface area contributed by atoms with Gasteiger partial charge in [-0.05, 0) is 60.6 Å². The molecule has 28 heavy (non-hydrogen) atoms. The van der Waals surface area contributed by atoms with Crippen molar-refractivity contribution < 1.29 is 14.8 Å². The number of para-hydroxylation sites is 1. The van der Waals surface area contributed by atoms with Crippen LogP contribution in [0.15, 0.2) is 36.4 Å². The van der Waals surface area contributed by atoms with Crippen molar-refractivity contribution in [1.82, 2.24) is 0 Å². The van der Waals surface area contributed by atoms with Crippen LogP contribution >= 0.6 is 11.6 Å². The number of rotatable bonds is 3. The number of halogens is 1. The van der Waals surface area contributed by atoms with Gasteiger partial charge in [0.05, 0.1) is 22.2 Å². The van der Waals surface area contributed by atoms with Crippen molar-refractivity contribution in [2.45, 2.75) is 31.2 Å². The monoisotopic (exact) mass is 398 g/mol. The Morgan fingerprint density at radius 2 is 1.96 bits per heavy atom. The minimum absolute atomic E-state index is 0.00165. The molecular formula is C21H19ClN2O4. The van der Waals surface area contributed by atoms with Crippen LogP contribution in [0.4, 0.5) is 11.4 Å². The molecule has 0 spiro atoms. The summed E-state index contributed by atoms with van der Waals surface area (Å²) in [5.74, 6) is 0.587. The lowest BCUT2D eigenvalue weighted by molar-refractivity contribution is -0.384. The van der Waals surface area contributed by atoms with Gasteiger partial charge in [0, 0.05) is 22.7 Å². The second kappa shape index (κ2) is 6.21. The maximum absolute atomic E-state index is 11.8. The predicted molar refractivity (Wildman–Crippen MR) is 105 cm³/mol. The van der Waals surface area contributed by atoms with E-state index in [2.05, 4.69) is 5.32 Å². The number of nitro groups is 1. The molecule has 5 unspecified atom stereocenters. The number of aromatic carboxylic acids is 1. The van der Waals surface area contributed by atoms with Gasteiger partial charge in [-0.15, -0.1) is 0 Å². The molecule has 2 aromatic rings. The van der Waals surface area contributed by atoms with Crippen LogP contribution in [0.5, 0.6) is 0 Å². The summed E-state index contributed by atoms with van der Waals surface area (Å²) < 4.78 is 0. The first-order valence-corrected chi connectivity index (χ1v) is 9.90. The molecule has 5 rings (SSSR count). The molecule has 144 valence electrons. The molecule has 2 bridgehead atoms. The summed E-state index contributed by atoms with van der Waals surface area (Å²) in [6.45, 7) is 0. The number of carboxylic acid groups (broad SMARTS) is 1. The molecule has 2 N–H and O–H groups in total. The Morgan fingerprint density at radius 1 is 1.18 bits per heavy atom. The third-order valence-corrected chi connectivity index (χ3v) is 7.22. The number of carbonyl (C=O) groups is 1. The van der Waals surface area contributed by atoms with E-state index in [0.29, 0.717) is 28.1 Å². The highest BCUT2D eigenvalue weighted by Gasteiger charge is 2.54. The molecule has 5 atom stereocenters. The molecule has 2 aliphatic carbocycles. The Balaban J connectivity index is 1.69. The molecule has 0 saturated heterocycles. The SMILES string of the molecule is O=C(O)c1cccc2c1NC(c1cc([N+](=O)[O-])ccc1Cl)C1C3CCC(C3)C21. The molecule has 0 aromatic heterocycles. The normalized spacial score (nSPS) is 29.7. The van der Waals surface area contributed by atoms with E-state index in [-0.39, 0.29) is 29.1 Å². The number of nitro benzene ring substituents is 1. The zero-order chi connectivity index (χ0) is 19.6. The Hall–Kier alpha value is -2.60. The highest BCUT2D eigenvalue weighted by atomic mass is 35.5. The summed E-state index contributed by atoms with van der Waals surface area (Å²) in [5.41, 5.74) is 2.62. The molecule has 2 saturated carbocycles. The van der Waals surface area contributed by atoms with Crippen LogP contribution in [0.1, 0.15) is 52.7 Å². The van der Waals surface area contributed by atoms with Gasteiger partial charge in [-0.2, -0.15) is 0 Å². The second-order valence-corrected chi connectivity index (χ2v) is 8.50. The maximum Gasteiger partial charge on any atom is 0.337 e. The molecule has 1 aliphatic heterocycles. The predicted octanol–water partition coefficient (Wildman–Crippen LogP) is 5.24. The molecule has 3 aliphatic rings. The van der Waals surface area contributed by atoms with Crippen LogP contribution in [0.2, 0.25) is 5.02 Å². The van der Waals surface area contributed by atoms with Crippen LogP contribution in [0.3, 0.4) is 0 Å². The van der Waals surface area contributed by atoms with E-state index in [1.807, 2.05) is 12.1 Å². The standard InChI is InChI=1S/C21H19ClN2O4/c22-16-7-6-12(24(27)28)9-15(16)20-18-11-5-4-10(8-11)17(18)13-2-1-3-14(21(25)26)19(13)23-20/h1-3,6-7,9-11,17-18,20,23H,4-5,8H2,(H,25,26). The van der Waals surface area contributed by atoms with E-state index in [1.54, 1.807) is 12.1 Å². The van der Waals surface area contributed by atoms with Gasteiger partial charge in [-0.3, -0.25) is 10.1 Å². The third-order valence-electron chi connectivity index (χ3n) is 6.88. The van der Waals surface area contributed by atoms with Gasteiger partial charge in [-0.1, -0.05) is 23.7 Å². The van der Waals surface area contributed by atoms with Gasteiger partial charge in [0.15, 0.2) is 0 Å². The molecule has 7 heteroatoms. The quantitative estimate of drug-likeness (QED) is 0.544. The van der Waals surface area contributed by atoms with Gasteiger partial charge < -0.3 is 10.4 Å². The van der Waals surface area contributed by atoms with E-state index in [9.17, 15) is 20.0 Å². The summed E-state index contributed by atoms with van der Waals surface area (Å²) in [6, 6.07) is 9.72. The number of hydrogen-bond acceptors (Lipinski definition) is 4. The Kier molecular flexibility index (Phi) is 3.88. The highest BCUT2D eigenvalue weighted by molar-refractivity contribution is 6.31. The number of nitrogens with zero attached hydrogens (tertiary/aromatic N) is 1. The summed E-state index contributed by atoms with van der Waals surface area (Å²) in [5, 5.41) is 24.9. The van der Waals surface area contributed by atoms with Crippen LogP contribution in [0, 0.1) is 27.9 Å².